The fourth-order valence-electron chi connectivity index (χ4n) is 2.95. The molecule has 0 bridgehead atoms. The van der Waals surface area contributed by atoms with Crippen molar-refractivity contribution in [1.29, 1.82) is 0 Å². The van der Waals surface area contributed by atoms with E-state index in [1.165, 1.54) is 0 Å². The molecular weight excluding hydrogens is 408 g/mol. The first-order chi connectivity index (χ1) is 14.2. The maximum atomic E-state index is 11.8. The highest BCUT2D eigenvalue weighted by atomic mass is 32.2. The van der Waals surface area contributed by atoms with Crippen LogP contribution in [-0.4, -0.2) is 56.6 Å². The molecule has 0 fully saturated rings. The van der Waals surface area contributed by atoms with Crippen molar-refractivity contribution in [2.75, 3.05) is 37.5 Å². The quantitative estimate of drug-likeness (QED) is 0.499. The molecule has 0 unspecified atom stereocenters. The van der Waals surface area contributed by atoms with Crippen LogP contribution in [0.3, 0.4) is 0 Å². The SMILES string of the molecule is COCCNc1nccc(NC(C)(C)COc2cccc3c2C(N)=NS(=O)(=O)C3)n1. The second-order valence-corrected chi connectivity index (χ2v) is 9.11. The molecule has 1 aliphatic rings. The molecule has 1 aliphatic heterocycles. The van der Waals surface area contributed by atoms with Crippen molar-refractivity contribution in [2.24, 2.45) is 10.1 Å². The lowest BCUT2D eigenvalue weighted by Crippen LogP contribution is -2.38. The summed E-state index contributed by atoms with van der Waals surface area (Å²) in [5, 5.41) is 6.40. The van der Waals surface area contributed by atoms with Crippen molar-refractivity contribution >= 4 is 27.6 Å². The Kier molecular flexibility index (Phi) is 6.42. The summed E-state index contributed by atoms with van der Waals surface area (Å²) >= 11 is 0. The number of methoxy groups -OCH3 is 1. The minimum absolute atomic E-state index is 0.0554. The number of nitrogens with two attached hydrogens (primary N) is 1. The molecule has 11 heteroatoms. The summed E-state index contributed by atoms with van der Waals surface area (Å²) in [4.78, 5) is 8.61. The number of benzene rings is 1. The predicted octanol–water partition coefficient (Wildman–Crippen LogP) is 1.35. The van der Waals surface area contributed by atoms with Crippen molar-refractivity contribution in [2.45, 2.75) is 25.1 Å². The molecule has 3 rings (SSSR count). The van der Waals surface area contributed by atoms with Gasteiger partial charge in [0.05, 0.1) is 23.5 Å². The van der Waals surface area contributed by atoms with Crippen LogP contribution < -0.4 is 21.1 Å². The third kappa shape index (κ3) is 5.57. The maximum absolute atomic E-state index is 11.8. The number of sulfonamides is 1. The summed E-state index contributed by atoms with van der Waals surface area (Å²) in [6, 6.07) is 6.97. The first-order valence-electron chi connectivity index (χ1n) is 9.36. The Labute approximate surface area is 176 Å². The number of aromatic nitrogens is 2. The van der Waals surface area contributed by atoms with Crippen molar-refractivity contribution < 1.29 is 17.9 Å². The number of nitrogens with zero attached hydrogens (tertiary/aromatic N) is 3. The Balaban J connectivity index is 1.69. The van der Waals surface area contributed by atoms with Crippen molar-refractivity contribution in [3.05, 3.63) is 41.6 Å². The Morgan fingerprint density at radius 3 is 2.83 bits per heavy atom. The van der Waals surface area contributed by atoms with Gasteiger partial charge in [0.1, 0.15) is 24.0 Å². The minimum Gasteiger partial charge on any atom is -0.490 e. The van der Waals surface area contributed by atoms with Gasteiger partial charge in [-0.15, -0.1) is 4.40 Å². The second-order valence-electron chi connectivity index (χ2n) is 7.48. The van der Waals surface area contributed by atoms with Crippen LogP contribution >= 0.6 is 0 Å². The molecule has 1 aromatic carbocycles. The van der Waals surface area contributed by atoms with E-state index in [0.29, 0.717) is 41.8 Å². The van der Waals surface area contributed by atoms with Crippen LogP contribution in [0.2, 0.25) is 0 Å². The normalized spacial score (nSPS) is 15.1. The molecule has 0 spiro atoms. The number of fused-ring (bicyclic) bond motifs is 1. The van der Waals surface area contributed by atoms with E-state index in [0.717, 1.165) is 0 Å². The van der Waals surface area contributed by atoms with Gasteiger partial charge >= 0.3 is 0 Å². The van der Waals surface area contributed by atoms with Crippen LogP contribution in [0.15, 0.2) is 34.9 Å². The van der Waals surface area contributed by atoms with E-state index < -0.39 is 15.6 Å². The van der Waals surface area contributed by atoms with Crippen LogP contribution in [0.5, 0.6) is 5.75 Å². The van der Waals surface area contributed by atoms with Crippen LogP contribution in [-0.2, 0) is 20.5 Å². The molecule has 4 N–H and O–H groups in total. The lowest BCUT2D eigenvalue weighted by Gasteiger charge is -2.28. The van der Waals surface area contributed by atoms with Crippen molar-refractivity contribution in [3.8, 4) is 5.75 Å². The third-order valence-corrected chi connectivity index (χ3v) is 5.39. The average Bonchev–Trinajstić information content (AvgIpc) is 2.65. The van der Waals surface area contributed by atoms with Gasteiger partial charge in [0.15, 0.2) is 0 Å². The molecule has 2 heterocycles. The maximum Gasteiger partial charge on any atom is 0.259 e. The van der Waals surface area contributed by atoms with Gasteiger partial charge in [-0.05, 0) is 31.5 Å². The first-order valence-corrected chi connectivity index (χ1v) is 11.0. The van der Waals surface area contributed by atoms with E-state index in [1.54, 1.807) is 37.6 Å². The molecular formula is C19H26N6O4S. The minimum atomic E-state index is -3.59. The van der Waals surface area contributed by atoms with Gasteiger partial charge in [0, 0.05) is 19.9 Å². The third-order valence-electron chi connectivity index (χ3n) is 4.24. The second kappa shape index (κ2) is 8.84. The number of hydrogen-bond donors (Lipinski definition) is 3. The molecule has 0 saturated heterocycles. The van der Waals surface area contributed by atoms with E-state index in [1.807, 2.05) is 13.8 Å². The van der Waals surface area contributed by atoms with E-state index in [9.17, 15) is 8.42 Å². The zero-order valence-electron chi connectivity index (χ0n) is 17.2. The highest BCUT2D eigenvalue weighted by molar-refractivity contribution is 7.89. The fraction of sp³-hybridized carbons (Fsp3) is 0.421. The van der Waals surface area contributed by atoms with Crippen LogP contribution in [0.1, 0.15) is 25.0 Å². The highest BCUT2D eigenvalue weighted by Crippen LogP contribution is 2.29. The monoisotopic (exact) mass is 434 g/mol. The molecule has 162 valence electrons. The lowest BCUT2D eigenvalue weighted by atomic mass is 10.1. The van der Waals surface area contributed by atoms with Gasteiger partial charge in [0.25, 0.3) is 10.0 Å². The summed E-state index contributed by atoms with van der Waals surface area (Å²) in [5.41, 5.74) is 6.50. The number of amidine groups is 1. The molecule has 0 amide bonds. The van der Waals surface area contributed by atoms with E-state index in [-0.39, 0.29) is 18.2 Å². The predicted molar refractivity (Wildman–Crippen MR) is 115 cm³/mol. The largest absolute Gasteiger partial charge is 0.490 e. The Morgan fingerprint density at radius 2 is 2.07 bits per heavy atom. The van der Waals surface area contributed by atoms with Crippen LogP contribution in [0.4, 0.5) is 11.8 Å². The standard InChI is InChI=1S/C19H26N6O4S/c1-19(2,24-15-7-8-21-18(23-15)22-9-10-28-3)12-29-14-6-4-5-13-11-30(26,27)25-17(20)16(13)14/h4-8H,9-12H2,1-3H3,(H2,20,25)(H2,21,22,23,24). The summed E-state index contributed by atoms with van der Waals surface area (Å²) in [6.45, 7) is 5.36. The number of nitrogens with one attached hydrogen (secondary N) is 2. The van der Waals surface area contributed by atoms with Gasteiger partial charge in [-0.1, -0.05) is 12.1 Å². The molecule has 0 radical (unpaired) electrons. The molecule has 0 saturated carbocycles. The zero-order valence-corrected chi connectivity index (χ0v) is 18.0. The van der Waals surface area contributed by atoms with Crippen LogP contribution in [0, 0.1) is 0 Å². The molecule has 2 aromatic rings. The molecule has 10 nitrogen and oxygen atoms in total. The molecule has 30 heavy (non-hydrogen) atoms. The van der Waals surface area contributed by atoms with Gasteiger partial charge in [-0.25, -0.2) is 13.4 Å². The topological polar surface area (TPSA) is 141 Å². The van der Waals surface area contributed by atoms with Crippen molar-refractivity contribution in [3.63, 3.8) is 0 Å². The zero-order chi connectivity index (χ0) is 21.8. The first kappa shape index (κ1) is 21.8. The Morgan fingerprint density at radius 1 is 1.27 bits per heavy atom. The van der Waals surface area contributed by atoms with E-state index in [4.69, 9.17) is 15.2 Å². The summed E-state index contributed by atoms with van der Waals surface area (Å²) in [6.07, 6.45) is 1.66. The molecule has 0 aliphatic carbocycles. The number of ether oxygens (including phenoxy) is 2. The molecule has 0 atom stereocenters. The smallest absolute Gasteiger partial charge is 0.259 e. The Bertz CT molecular complexity index is 1040. The number of hydrogen-bond acceptors (Lipinski definition) is 9. The van der Waals surface area contributed by atoms with Crippen molar-refractivity contribution in [1.82, 2.24) is 9.97 Å². The Hall–Kier alpha value is -2.92. The summed E-state index contributed by atoms with van der Waals surface area (Å²) < 4.78 is 38.3. The van der Waals surface area contributed by atoms with Crippen LogP contribution in [0.25, 0.3) is 0 Å². The highest BCUT2D eigenvalue weighted by Gasteiger charge is 2.26. The van der Waals surface area contributed by atoms with Gasteiger partial charge in [-0.2, -0.15) is 4.98 Å². The number of anilines is 2. The van der Waals surface area contributed by atoms with Gasteiger partial charge in [-0.3, -0.25) is 0 Å². The van der Waals surface area contributed by atoms with Gasteiger partial charge in [0.2, 0.25) is 5.95 Å². The summed E-state index contributed by atoms with van der Waals surface area (Å²) in [5.74, 6) is 1.38. The lowest BCUT2D eigenvalue weighted by molar-refractivity contribution is 0.210. The number of rotatable bonds is 9. The fourth-order valence-corrected chi connectivity index (χ4v) is 4.04. The van der Waals surface area contributed by atoms with Gasteiger partial charge < -0.3 is 25.8 Å². The average molecular weight is 435 g/mol. The van der Waals surface area contributed by atoms with E-state index in [2.05, 4.69) is 25.0 Å². The summed E-state index contributed by atoms with van der Waals surface area (Å²) in [7, 11) is -1.96. The van der Waals surface area contributed by atoms with E-state index >= 15 is 0 Å². The molecule has 1 aromatic heterocycles.